The Kier molecular flexibility index (Phi) is 5.26. The molecule has 0 fully saturated rings. The summed E-state index contributed by atoms with van der Waals surface area (Å²) in [6, 6.07) is 0. The topological polar surface area (TPSA) is 9.23 Å². The van der Waals surface area contributed by atoms with Crippen LogP contribution in [0.25, 0.3) is 0 Å². The average Bonchev–Trinajstić information content (AvgIpc) is 2.11. The highest BCUT2D eigenvalue weighted by atomic mass is 79.9. The Morgan fingerprint density at radius 2 is 1.05 bits per heavy atom. The first kappa shape index (κ1) is 19.2. The summed E-state index contributed by atoms with van der Waals surface area (Å²) < 4.78 is 115. The molecule has 0 saturated carbocycles. The molecule has 13 heteroatoms. The summed E-state index contributed by atoms with van der Waals surface area (Å²) in [6.07, 6.45) is -12.2. The number of hydrogen-bond acceptors (Lipinski definition) is 1. The highest BCUT2D eigenvalue weighted by molar-refractivity contribution is 9.12. The molecule has 0 aliphatic carbocycles. The van der Waals surface area contributed by atoms with Gasteiger partial charge in [-0.05, 0) is 31.9 Å². The second kappa shape index (κ2) is 5.20. The van der Waals surface area contributed by atoms with Gasteiger partial charge in [-0.3, -0.25) is 0 Å². The fourth-order valence-corrected chi connectivity index (χ4v) is 0.972. The fourth-order valence-electron chi connectivity index (χ4n) is 0.519. The minimum atomic E-state index is -6.19. The minimum absolute atomic E-state index is 1.18. The first-order valence-electron chi connectivity index (χ1n) is 3.86. The second-order valence-electron chi connectivity index (χ2n) is 3.08. The Morgan fingerprint density at radius 3 is 1.32 bits per heavy atom. The van der Waals surface area contributed by atoms with Crippen LogP contribution in [-0.4, -0.2) is 34.2 Å². The van der Waals surface area contributed by atoms with Gasteiger partial charge in [0.1, 0.15) is 6.61 Å². The van der Waals surface area contributed by atoms with Crippen molar-refractivity contribution in [2.24, 2.45) is 0 Å². The quantitative estimate of drug-likeness (QED) is 0.450. The summed E-state index contributed by atoms with van der Waals surface area (Å²) in [5, 5.41) is 0. The van der Waals surface area contributed by atoms with Crippen molar-refractivity contribution in [3.63, 3.8) is 0 Å². The van der Waals surface area contributed by atoms with E-state index < -0.39 is 34.2 Å². The third-order valence-electron chi connectivity index (χ3n) is 1.57. The molecule has 0 aromatic heterocycles. The number of hydrogen-bond donors (Lipinski definition) is 0. The minimum Gasteiger partial charge on any atom is -0.327 e. The fraction of sp³-hybridized carbons (Fsp3) is 1.00. The van der Waals surface area contributed by atoms with Gasteiger partial charge < -0.3 is 4.74 Å². The van der Waals surface area contributed by atoms with Crippen LogP contribution < -0.4 is 0 Å². The van der Waals surface area contributed by atoms with Crippen molar-refractivity contribution in [1.82, 2.24) is 0 Å². The first-order chi connectivity index (χ1) is 7.96. The Bertz CT molecular complexity index is 319. The van der Waals surface area contributed by atoms with Crippen LogP contribution in [-0.2, 0) is 4.74 Å². The monoisotopic (exact) mass is 438 g/mol. The molecule has 0 rings (SSSR count). The molecule has 0 spiro atoms. The van der Waals surface area contributed by atoms with Gasteiger partial charge in [-0.15, -0.1) is 0 Å². The summed E-state index contributed by atoms with van der Waals surface area (Å²) in [6.45, 7) is -2.86. The molecule has 116 valence electrons. The van der Waals surface area contributed by atoms with E-state index in [0.29, 0.717) is 0 Å². The maximum absolute atomic E-state index is 13.1. The van der Waals surface area contributed by atoms with Crippen molar-refractivity contribution in [3.8, 4) is 0 Å². The predicted molar refractivity (Wildman–Crippen MR) is 48.5 cm³/mol. The van der Waals surface area contributed by atoms with Gasteiger partial charge in [0.2, 0.25) is 0 Å². The van der Waals surface area contributed by atoms with Gasteiger partial charge in [-0.25, -0.2) is 4.39 Å². The lowest BCUT2D eigenvalue weighted by molar-refractivity contribution is -0.321. The van der Waals surface area contributed by atoms with Crippen LogP contribution in [0.2, 0.25) is 0 Å². The molecule has 2 atom stereocenters. The van der Waals surface area contributed by atoms with Crippen LogP contribution in [0.4, 0.5) is 43.9 Å². The first-order valence-corrected chi connectivity index (χ1v) is 5.45. The summed E-state index contributed by atoms with van der Waals surface area (Å²) in [5.41, 5.74) is 0. The van der Waals surface area contributed by atoms with Gasteiger partial charge in [-0.1, -0.05) is 0 Å². The molecule has 0 aromatic carbocycles. The highest BCUT2D eigenvalue weighted by Crippen LogP contribution is 2.53. The molecule has 0 aliphatic heterocycles. The molecule has 19 heavy (non-hydrogen) atoms. The van der Waals surface area contributed by atoms with Gasteiger partial charge in [0.15, 0.2) is 0 Å². The van der Waals surface area contributed by atoms with Crippen LogP contribution in [0, 0.1) is 0 Å². The SMILES string of the molecule is FC(F)(F)C(F)(F)CO[C@](F)(Br)[C@@](F)(Br)C(F)(F)F. The van der Waals surface area contributed by atoms with Crippen molar-refractivity contribution in [2.75, 3.05) is 6.61 Å². The zero-order valence-corrected chi connectivity index (χ0v) is 11.3. The van der Waals surface area contributed by atoms with E-state index in [9.17, 15) is 43.9 Å². The number of rotatable bonds is 4. The Hall–Kier alpha value is 0.220. The summed E-state index contributed by atoms with van der Waals surface area (Å²) >= 11 is 2.50. The lowest BCUT2D eigenvalue weighted by Crippen LogP contribution is -2.53. The molecular weight excluding hydrogens is 438 g/mol. The Morgan fingerprint density at radius 1 is 0.684 bits per heavy atom. The molecule has 0 amide bonds. The molecule has 0 heterocycles. The van der Waals surface area contributed by atoms with Crippen molar-refractivity contribution >= 4 is 31.9 Å². The van der Waals surface area contributed by atoms with E-state index in [2.05, 4.69) is 4.74 Å². The van der Waals surface area contributed by atoms with Gasteiger partial charge in [0.05, 0.1) is 0 Å². The van der Waals surface area contributed by atoms with E-state index in [-0.39, 0.29) is 0 Å². The Labute approximate surface area is 115 Å². The second-order valence-corrected chi connectivity index (χ2v) is 5.19. The molecule has 0 saturated heterocycles. The standard InChI is InChI=1S/C6H2Br2F10O/c7-3(11,6(16,17)18)4(8,12)19-1-2(9,10)5(13,14)15/h1H2/t3-,4-/m0/s1. The molecular formula is C6H2Br2F10O. The van der Waals surface area contributed by atoms with E-state index >= 15 is 0 Å². The highest BCUT2D eigenvalue weighted by Gasteiger charge is 2.70. The van der Waals surface area contributed by atoms with Crippen molar-refractivity contribution in [3.05, 3.63) is 0 Å². The van der Waals surface area contributed by atoms with Gasteiger partial charge >= 0.3 is 27.6 Å². The van der Waals surface area contributed by atoms with Crippen LogP contribution in [0.5, 0.6) is 0 Å². The van der Waals surface area contributed by atoms with E-state index in [1.807, 2.05) is 0 Å². The summed E-state index contributed by atoms with van der Waals surface area (Å²) in [4.78, 5) is 0. The van der Waals surface area contributed by atoms with Gasteiger partial charge in [-0.2, -0.15) is 39.5 Å². The average molecular weight is 440 g/mol. The lowest BCUT2D eigenvalue weighted by atomic mass is 10.3. The number of halogens is 12. The molecule has 0 aromatic rings. The van der Waals surface area contributed by atoms with E-state index in [1.165, 1.54) is 31.9 Å². The van der Waals surface area contributed by atoms with E-state index in [4.69, 9.17) is 0 Å². The molecule has 0 bridgehead atoms. The maximum Gasteiger partial charge on any atom is 0.455 e. The van der Waals surface area contributed by atoms with Crippen LogP contribution >= 0.6 is 31.9 Å². The summed E-state index contributed by atoms with van der Waals surface area (Å²) in [5.74, 6) is -5.66. The zero-order valence-electron chi connectivity index (χ0n) is 8.15. The third-order valence-corrected chi connectivity index (χ3v) is 3.84. The third kappa shape index (κ3) is 4.09. The largest absolute Gasteiger partial charge is 0.455 e. The molecule has 1 nitrogen and oxygen atoms in total. The molecule has 0 unspecified atom stereocenters. The van der Waals surface area contributed by atoms with Crippen LogP contribution in [0.15, 0.2) is 0 Å². The smallest absolute Gasteiger partial charge is 0.327 e. The van der Waals surface area contributed by atoms with E-state index in [1.54, 1.807) is 0 Å². The van der Waals surface area contributed by atoms with E-state index in [0.717, 1.165) is 0 Å². The zero-order chi connectivity index (χ0) is 15.9. The maximum atomic E-state index is 13.1. The summed E-state index contributed by atoms with van der Waals surface area (Å²) in [7, 11) is 0. The number of alkyl halides is 12. The van der Waals surface area contributed by atoms with Gasteiger partial charge in [0, 0.05) is 0 Å². The Balaban J connectivity index is 5.01. The van der Waals surface area contributed by atoms with Crippen molar-refractivity contribution in [2.45, 2.75) is 27.6 Å². The van der Waals surface area contributed by atoms with Gasteiger partial charge in [0.25, 0.3) is 0 Å². The molecule has 0 radical (unpaired) electrons. The predicted octanol–water partition coefficient (Wildman–Crippen LogP) is 4.84. The van der Waals surface area contributed by atoms with Crippen molar-refractivity contribution < 1.29 is 48.6 Å². The lowest BCUT2D eigenvalue weighted by Gasteiger charge is -2.32. The van der Waals surface area contributed by atoms with Crippen molar-refractivity contribution in [1.29, 1.82) is 0 Å². The van der Waals surface area contributed by atoms with Crippen LogP contribution in [0.3, 0.4) is 0 Å². The van der Waals surface area contributed by atoms with Crippen LogP contribution in [0.1, 0.15) is 0 Å². The molecule has 0 N–H and O–H groups in total. The normalized spacial score (nSPS) is 20.8. The number of ether oxygens (including phenoxy) is 1. The molecule has 0 aliphatic rings.